The van der Waals surface area contributed by atoms with Gasteiger partial charge in [0.25, 0.3) is 5.69 Å². The molecule has 4 nitrogen and oxygen atoms in total. The lowest BCUT2D eigenvalue weighted by molar-refractivity contribution is -0.384. The second-order valence-electron chi connectivity index (χ2n) is 4.14. The Kier molecular flexibility index (Phi) is 4.16. The molecule has 5 heteroatoms. The molecule has 0 aliphatic heterocycles. The fourth-order valence-corrected chi connectivity index (χ4v) is 2.11. The zero-order valence-corrected chi connectivity index (χ0v) is 11.9. The quantitative estimate of drug-likeness (QED) is 0.625. The highest BCUT2D eigenvalue weighted by Gasteiger charge is 2.09. The minimum atomic E-state index is -0.421. The maximum atomic E-state index is 10.6. The van der Waals surface area contributed by atoms with Crippen molar-refractivity contribution in [2.75, 3.05) is 0 Å². The van der Waals surface area contributed by atoms with Crippen LogP contribution in [0.2, 0.25) is 0 Å². The number of benzene rings is 2. The van der Waals surface area contributed by atoms with E-state index >= 15 is 0 Å². The highest BCUT2D eigenvalue weighted by Crippen LogP contribution is 2.24. The Labute approximate surface area is 119 Å². The molecule has 0 aliphatic rings. The average molecular weight is 322 g/mol. The third-order valence-corrected chi connectivity index (χ3v) is 3.37. The van der Waals surface area contributed by atoms with Gasteiger partial charge in [-0.2, -0.15) is 0 Å². The number of hydrogen-bond acceptors (Lipinski definition) is 3. The van der Waals surface area contributed by atoms with Gasteiger partial charge in [-0.1, -0.05) is 28.1 Å². The highest BCUT2D eigenvalue weighted by molar-refractivity contribution is 9.10. The van der Waals surface area contributed by atoms with E-state index in [1.807, 2.05) is 31.2 Å². The second kappa shape index (κ2) is 5.84. The third kappa shape index (κ3) is 3.54. The molecule has 0 amide bonds. The van der Waals surface area contributed by atoms with Crippen LogP contribution in [0.4, 0.5) is 5.69 Å². The molecular weight excluding hydrogens is 310 g/mol. The summed E-state index contributed by atoms with van der Waals surface area (Å²) in [4.78, 5) is 10.2. The Hall–Kier alpha value is -1.88. The average Bonchev–Trinajstić information content (AvgIpc) is 2.37. The molecule has 0 N–H and O–H groups in total. The van der Waals surface area contributed by atoms with Crippen molar-refractivity contribution < 1.29 is 9.66 Å². The molecule has 2 rings (SSSR count). The van der Waals surface area contributed by atoms with Gasteiger partial charge >= 0.3 is 0 Å². The van der Waals surface area contributed by atoms with E-state index in [-0.39, 0.29) is 5.69 Å². The van der Waals surface area contributed by atoms with Crippen molar-refractivity contribution in [1.29, 1.82) is 0 Å². The topological polar surface area (TPSA) is 52.4 Å². The van der Waals surface area contributed by atoms with Crippen molar-refractivity contribution in [2.24, 2.45) is 0 Å². The number of halogens is 1. The van der Waals surface area contributed by atoms with E-state index in [0.717, 1.165) is 16.9 Å². The van der Waals surface area contributed by atoms with Crippen molar-refractivity contribution in [3.05, 3.63) is 68.2 Å². The van der Waals surface area contributed by atoms with Gasteiger partial charge in [0.1, 0.15) is 12.4 Å². The van der Waals surface area contributed by atoms with Gasteiger partial charge in [0.2, 0.25) is 0 Å². The van der Waals surface area contributed by atoms with Crippen molar-refractivity contribution in [3.63, 3.8) is 0 Å². The number of nitro benzene ring substituents is 1. The van der Waals surface area contributed by atoms with Crippen molar-refractivity contribution in [3.8, 4) is 5.75 Å². The molecule has 0 saturated heterocycles. The first kappa shape index (κ1) is 13.5. The van der Waals surface area contributed by atoms with Crippen LogP contribution in [0.25, 0.3) is 0 Å². The molecule has 0 unspecified atom stereocenters. The van der Waals surface area contributed by atoms with Crippen molar-refractivity contribution in [2.45, 2.75) is 13.5 Å². The number of hydrogen-bond donors (Lipinski definition) is 0. The van der Waals surface area contributed by atoms with Gasteiger partial charge in [0.05, 0.1) is 4.92 Å². The van der Waals surface area contributed by atoms with Crippen LogP contribution in [0.1, 0.15) is 11.1 Å². The lowest BCUT2D eigenvalue weighted by Crippen LogP contribution is -1.97. The fraction of sp³-hybridized carbons (Fsp3) is 0.143. The summed E-state index contributed by atoms with van der Waals surface area (Å²) in [6.45, 7) is 2.36. The first-order chi connectivity index (χ1) is 9.06. The molecule has 2 aromatic rings. The van der Waals surface area contributed by atoms with E-state index in [0.29, 0.717) is 11.1 Å². The molecule has 19 heavy (non-hydrogen) atoms. The molecule has 0 spiro atoms. The Bertz CT molecular complexity index is 613. The van der Waals surface area contributed by atoms with Gasteiger partial charge in [-0.05, 0) is 30.7 Å². The molecule has 0 heterocycles. The van der Waals surface area contributed by atoms with Crippen LogP contribution in [0.3, 0.4) is 0 Å². The summed E-state index contributed by atoms with van der Waals surface area (Å²) in [5.74, 6) is 0.783. The Morgan fingerprint density at radius 1 is 1.26 bits per heavy atom. The van der Waals surface area contributed by atoms with Gasteiger partial charge in [-0.3, -0.25) is 10.1 Å². The monoisotopic (exact) mass is 321 g/mol. The van der Waals surface area contributed by atoms with Crippen LogP contribution in [0, 0.1) is 17.0 Å². The van der Waals surface area contributed by atoms with Crippen LogP contribution >= 0.6 is 15.9 Å². The number of non-ortho nitro benzene ring substituents is 1. The van der Waals surface area contributed by atoms with Gasteiger partial charge in [-0.15, -0.1) is 0 Å². The highest BCUT2D eigenvalue weighted by atomic mass is 79.9. The van der Waals surface area contributed by atoms with Crippen molar-refractivity contribution in [1.82, 2.24) is 0 Å². The first-order valence-electron chi connectivity index (χ1n) is 5.68. The summed E-state index contributed by atoms with van der Waals surface area (Å²) in [5, 5.41) is 10.6. The van der Waals surface area contributed by atoms with Gasteiger partial charge in [-0.25, -0.2) is 0 Å². The minimum Gasteiger partial charge on any atom is -0.489 e. The normalized spacial score (nSPS) is 10.2. The van der Waals surface area contributed by atoms with Crippen LogP contribution in [0.15, 0.2) is 46.9 Å². The fourth-order valence-electron chi connectivity index (χ4n) is 1.63. The summed E-state index contributed by atoms with van der Waals surface area (Å²) >= 11 is 3.32. The Balaban J connectivity index is 2.10. The molecule has 0 fully saturated rings. The molecule has 0 radical (unpaired) electrons. The number of ether oxygens (including phenoxy) is 1. The minimum absolute atomic E-state index is 0.0613. The lowest BCUT2D eigenvalue weighted by atomic mass is 10.2. The van der Waals surface area contributed by atoms with E-state index in [1.165, 1.54) is 12.1 Å². The summed E-state index contributed by atoms with van der Waals surface area (Å²) in [6.07, 6.45) is 0. The SMILES string of the molecule is Cc1cccc(OCc2ccc([N+](=O)[O-])cc2Br)c1. The third-order valence-electron chi connectivity index (χ3n) is 2.63. The largest absolute Gasteiger partial charge is 0.489 e. The molecule has 0 saturated carbocycles. The van der Waals surface area contributed by atoms with Gasteiger partial charge in [0.15, 0.2) is 0 Å². The number of nitrogens with zero attached hydrogens (tertiary/aromatic N) is 1. The molecular formula is C14H12BrNO3. The molecule has 2 aromatic carbocycles. The Morgan fingerprint density at radius 3 is 2.68 bits per heavy atom. The van der Waals surface area contributed by atoms with E-state index in [1.54, 1.807) is 6.07 Å². The van der Waals surface area contributed by atoms with Crippen LogP contribution in [0.5, 0.6) is 5.75 Å². The standard InChI is InChI=1S/C14H12BrNO3/c1-10-3-2-4-13(7-10)19-9-11-5-6-12(16(17)18)8-14(11)15/h2-8H,9H2,1H3. The van der Waals surface area contributed by atoms with Gasteiger partial charge < -0.3 is 4.74 Å². The molecule has 0 aliphatic carbocycles. The van der Waals surface area contributed by atoms with E-state index in [2.05, 4.69) is 15.9 Å². The molecule has 0 atom stereocenters. The number of nitro groups is 1. The van der Waals surface area contributed by atoms with E-state index in [9.17, 15) is 10.1 Å². The predicted octanol–water partition coefficient (Wildman–Crippen LogP) is 4.24. The van der Waals surface area contributed by atoms with Crippen LogP contribution < -0.4 is 4.74 Å². The smallest absolute Gasteiger partial charge is 0.270 e. The number of aryl methyl sites for hydroxylation is 1. The predicted molar refractivity (Wildman–Crippen MR) is 76.3 cm³/mol. The zero-order valence-electron chi connectivity index (χ0n) is 10.3. The summed E-state index contributed by atoms with van der Waals surface area (Å²) in [6, 6.07) is 12.4. The summed E-state index contributed by atoms with van der Waals surface area (Å²) in [5.41, 5.74) is 2.05. The van der Waals surface area contributed by atoms with Crippen LogP contribution in [-0.4, -0.2) is 4.92 Å². The second-order valence-corrected chi connectivity index (χ2v) is 4.99. The van der Waals surface area contributed by atoms with E-state index in [4.69, 9.17) is 4.74 Å². The molecule has 0 bridgehead atoms. The maximum absolute atomic E-state index is 10.6. The summed E-state index contributed by atoms with van der Waals surface area (Å²) in [7, 11) is 0. The zero-order chi connectivity index (χ0) is 13.8. The van der Waals surface area contributed by atoms with Gasteiger partial charge in [0, 0.05) is 22.2 Å². The van der Waals surface area contributed by atoms with E-state index < -0.39 is 4.92 Å². The lowest BCUT2D eigenvalue weighted by Gasteiger charge is -2.08. The number of rotatable bonds is 4. The van der Waals surface area contributed by atoms with Crippen molar-refractivity contribution >= 4 is 21.6 Å². The van der Waals surface area contributed by atoms with Crippen LogP contribution in [-0.2, 0) is 6.61 Å². The molecule has 98 valence electrons. The summed E-state index contributed by atoms with van der Waals surface area (Å²) < 4.78 is 6.33. The molecule has 0 aromatic heterocycles. The Morgan fingerprint density at radius 2 is 2.05 bits per heavy atom. The maximum Gasteiger partial charge on any atom is 0.270 e. The first-order valence-corrected chi connectivity index (χ1v) is 6.48.